The summed E-state index contributed by atoms with van der Waals surface area (Å²) < 4.78 is 6.44. The van der Waals surface area contributed by atoms with E-state index in [0.29, 0.717) is 15.7 Å². The van der Waals surface area contributed by atoms with Crippen molar-refractivity contribution in [2.24, 2.45) is 11.8 Å². The minimum absolute atomic E-state index is 0.0714. The Bertz CT molecular complexity index is 1340. The lowest BCUT2D eigenvalue weighted by Crippen LogP contribution is -2.56. The average molecular weight is 569 g/mol. The van der Waals surface area contributed by atoms with Crippen LogP contribution in [0.4, 0.5) is 5.69 Å². The van der Waals surface area contributed by atoms with Gasteiger partial charge in [-0.15, -0.1) is 0 Å². The molecule has 2 N–H and O–H groups in total. The zero-order valence-electron chi connectivity index (χ0n) is 21.7. The number of fused-ring (bicyclic) bond motifs is 1. The van der Waals surface area contributed by atoms with E-state index < -0.39 is 29.6 Å². The lowest BCUT2D eigenvalue weighted by Gasteiger charge is -2.34. The molecule has 7 nitrogen and oxygen atoms in total. The first-order valence-corrected chi connectivity index (χ1v) is 14.3. The van der Waals surface area contributed by atoms with Gasteiger partial charge in [0.25, 0.3) is 0 Å². The smallest absolute Gasteiger partial charge is 0.246 e. The number of benzene rings is 2. The van der Waals surface area contributed by atoms with E-state index in [4.69, 9.17) is 27.9 Å². The Balaban J connectivity index is 1.32. The largest absolute Gasteiger partial charge is 0.359 e. The minimum Gasteiger partial charge on any atom is -0.359 e. The van der Waals surface area contributed by atoms with Crippen LogP contribution in [0.2, 0.25) is 10.0 Å². The maximum absolute atomic E-state index is 14.1. The zero-order valence-corrected chi connectivity index (χ0v) is 23.2. The third-order valence-corrected chi connectivity index (χ3v) is 9.24. The molecule has 1 spiro atoms. The van der Waals surface area contributed by atoms with Crippen LogP contribution >= 0.6 is 23.2 Å². The second-order valence-electron chi connectivity index (χ2n) is 11.1. The van der Waals surface area contributed by atoms with Crippen LogP contribution in [0.15, 0.2) is 54.6 Å². The number of amides is 3. The fourth-order valence-electron chi connectivity index (χ4n) is 6.65. The van der Waals surface area contributed by atoms with E-state index in [-0.39, 0.29) is 30.3 Å². The van der Waals surface area contributed by atoms with Gasteiger partial charge < -0.3 is 20.3 Å². The summed E-state index contributed by atoms with van der Waals surface area (Å²) in [5.41, 5.74) is 1.08. The summed E-state index contributed by atoms with van der Waals surface area (Å²) in [6.07, 6.45) is 8.21. The molecule has 204 valence electrons. The third-order valence-electron chi connectivity index (χ3n) is 8.58. The molecular formula is C30H31Cl2N3O4. The average Bonchev–Trinajstić information content (AvgIpc) is 3.56. The first-order chi connectivity index (χ1) is 18.8. The molecule has 2 aromatic rings. The van der Waals surface area contributed by atoms with Gasteiger partial charge >= 0.3 is 0 Å². The predicted molar refractivity (Wildman–Crippen MR) is 149 cm³/mol. The van der Waals surface area contributed by atoms with Crippen molar-refractivity contribution in [3.8, 4) is 0 Å². The number of nitrogens with one attached hydrogen (secondary N) is 2. The van der Waals surface area contributed by atoms with Gasteiger partial charge in [0.05, 0.1) is 17.9 Å². The number of rotatable bonds is 6. The first-order valence-electron chi connectivity index (χ1n) is 13.6. The van der Waals surface area contributed by atoms with E-state index in [0.717, 1.165) is 36.8 Å². The van der Waals surface area contributed by atoms with Gasteiger partial charge in [-0.05, 0) is 55.2 Å². The highest BCUT2D eigenvalue weighted by Crippen LogP contribution is 2.55. The number of nitrogens with zero attached hydrogens (tertiary/aromatic N) is 1. The fourth-order valence-corrected chi connectivity index (χ4v) is 6.95. The summed E-state index contributed by atoms with van der Waals surface area (Å²) in [5.74, 6) is -2.42. The van der Waals surface area contributed by atoms with E-state index in [1.807, 2.05) is 37.3 Å². The second kappa shape index (κ2) is 10.3. The SMILES string of the molecule is Cc1ccc(NC(=O)C2[C@H]3C=CC4(O3)C(C(=O)NC3CCCCC3)N(Cc3ccc(Cl)cc3)C(=O)[C@@H]24)cc1Cl. The van der Waals surface area contributed by atoms with Crippen LogP contribution in [0.5, 0.6) is 0 Å². The van der Waals surface area contributed by atoms with E-state index >= 15 is 0 Å². The summed E-state index contributed by atoms with van der Waals surface area (Å²) >= 11 is 12.4. The topological polar surface area (TPSA) is 87.7 Å². The highest BCUT2D eigenvalue weighted by Gasteiger charge is 2.72. The summed E-state index contributed by atoms with van der Waals surface area (Å²) in [7, 11) is 0. The zero-order chi connectivity index (χ0) is 27.3. The molecule has 5 atom stereocenters. The van der Waals surface area contributed by atoms with Crippen molar-refractivity contribution in [1.82, 2.24) is 10.2 Å². The molecule has 1 aliphatic carbocycles. The lowest BCUT2D eigenvalue weighted by molar-refractivity contribution is -0.142. The Hall–Kier alpha value is -2.87. The molecule has 3 unspecified atom stereocenters. The maximum Gasteiger partial charge on any atom is 0.246 e. The van der Waals surface area contributed by atoms with Gasteiger partial charge in [-0.25, -0.2) is 0 Å². The van der Waals surface area contributed by atoms with Crippen LogP contribution in [0, 0.1) is 18.8 Å². The van der Waals surface area contributed by atoms with Crippen LogP contribution < -0.4 is 10.6 Å². The van der Waals surface area contributed by atoms with Gasteiger partial charge in [0.15, 0.2) is 0 Å². The Labute approximate surface area is 237 Å². The summed E-state index contributed by atoms with van der Waals surface area (Å²) in [5, 5.41) is 7.26. The van der Waals surface area contributed by atoms with Crippen LogP contribution in [0.3, 0.4) is 0 Å². The molecule has 1 saturated carbocycles. The molecule has 2 bridgehead atoms. The van der Waals surface area contributed by atoms with Crippen molar-refractivity contribution in [2.75, 3.05) is 5.32 Å². The molecule has 4 aliphatic rings. The lowest BCUT2D eigenvalue weighted by atomic mass is 9.74. The molecule has 3 aliphatic heterocycles. The summed E-state index contributed by atoms with van der Waals surface area (Å²) in [4.78, 5) is 43.3. The highest BCUT2D eigenvalue weighted by atomic mass is 35.5. The second-order valence-corrected chi connectivity index (χ2v) is 11.9. The fraction of sp³-hybridized carbons (Fsp3) is 0.433. The van der Waals surface area contributed by atoms with Crippen molar-refractivity contribution in [3.05, 3.63) is 75.8 Å². The summed E-state index contributed by atoms with van der Waals surface area (Å²) in [6, 6.07) is 11.7. The van der Waals surface area contributed by atoms with E-state index in [1.54, 1.807) is 29.2 Å². The molecule has 6 rings (SSSR count). The highest BCUT2D eigenvalue weighted by molar-refractivity contribution is 6.31. The predicted octanol–water partition coefficient (Wildman–Crippen LogP) is 5.04. The monoisotopic (exact) mass is 567 g/mol. The number of aryl methyl sites for hydroxylation is 1. The molecule has 3 heterocycles. The number of carbonyl (C=O) groups is 3. The van der Waals surface area contributed by atoms with Gasteiger partial charge in [-0.2, -0.15) is 0 Å². The number of anilines is 1. The number of halogens is 2. The van der Waals surface area contributed by atoms with Crippen LogP contribution in [0.25, 0.3) is 0 Å². The van der Waals surface area contributed by atoms with E-state index in [9.17, 15) is 14.4 Å². The molecule has 3 amide bonds. The standard InChI is InChI=1S/C30H31Cl2N3O4/c1-17-7-12-21(15-22(17)32)34-27(36)24-23-13-14-30(39-23)25(24)29(38)35(16-18-8-10-19(31)11-9-18)26(30)28(37)33-20-5-3-2-4-6-20/h7-15,20,23-26H,2-6,16H2,1H3,(H,33,37)(H,34,36)/t23-,24?,25-,26?,30?/m1/s1. The molecule has 0 radical (unpaired) electrons. The van der Waals surface area contributed by atoms with Gasteiger partial charge in [0, 0.05) is 28.3 Å². The first kappa shape index (κ1) is 26.4. The normalized spacial score (nSPS) is 29.5. The molecule has 2 aromatic carbocycles. The van der Waals surface area contributed by atoms with Crippen LogP contribution in [-0.4, -0.2) is 46.4 Å². The molecule has 2 saturated heterocycles. The Kier molecular flexibility index (Phi) is 6.94. The molecular weight excluding hydrogens is 537 g/mol. The van der Waals surface area contributed by atoms with Crippen molar-refractivity contribution < 1.29 is 19.1 Å². The Morgan fingerprint density at radius 2 is 1.79 bits per heavy atom. The Morgan fingerprint density at radius 1 is 1.05 bits per heavy atom. The van der Waals surface area contributed by atoms with Crippen molar-refractivity contribution in [3.63, 3.8) is 0 Å². The quantitative estimate of drug-likeness (QED) is 0.478. The van der Waals surface area contributed by atoms with Crippen molar-refractivity contribution in [2.45, 2.75) is 69.4 Å². The minimum atomic E-state index is -1.21. The number of hydrogen-bond donors (Lipinski definition) is 2. The van der Waals surface area contributed by atoms with Crippen molar-refractivity contribution >= 4 is 46.6 Å². The van der Waals surface area contributed by atoms with Gasteiger partial charge in [0.2, 0.25) is 17.7 Å². The van der Waals surface area contributed by atoms with Gasteiger partial charge in [0.1, 0.15) is 11.6 Å². The van der Waals surface area contributed by atoms with Crippen molar-refractivity contribution in [1.29, 1.82) is 0 Å². The van der Waals surface area contributed by atoms with Crippen LogP contribution in [0.1, 0.15) is 43.2 Å². The number of ether oxygens (including phenoxy) is 1. The van der Waals surface area contributed by atoms with E-state index in [1.165, 1.54) is 6.42 Å². The Morgan fingerprint density at radius 3 is 2.51 bits per heavy atom. The molecule has 3 fully saturated rings. The third kappa shape index (κ3) is 4.64. The van der Waals surface area contributed by atoms with E-state index in [2.05, 4.69) is 10.6 Å². The van der Waals surface area contributed by atoms with Crippen LogP contribution in [-0.2, 0) is 25.7 Å². The van der Waals surface area contributed by atoms with Gasteiger partial charge in [-0.3, -0.25) is 14.4 Å². The molecule has 9 heteroatoms. The van der Waals surface area contributed by atoms with Gasteiger partial charge in [-0.1, -0.05) is 72.8 Å². The number of likely N-dealkylation sites (tertiary alicyclic amines) is 1. The molecule has 39 heavy (non-hydrogen) atoms. The molecule has 0 aromatic heterocycles. The maximum atomic E-state index is 14.1. The number of hydrogen-bond acceptors (Lipinski definition) is 4. The number of carbonyl (C=O) groups excluding carboxylic acids is 3. The summed E-state index contributed by atoms with van der Waals surface area (Å²) in [6.45, 7) is 2.10.